The van der Waals surface area contributed by atoms with Gasteiger partial charge in [0, 0.05) is 0 Å². The largest absolute Gasteiger partial charge is 0.0959 e. The molecule has 0 aromatic rings. The number of rotatable bonds is 0. The normalized spacial score (nSPS) is 47.6. The van der Waals surface area contributed by atoms with E-state index in [1.54, 1.807) is 0 Å². The van der Waals surface area contributed by atoms with Crippen LogP contribution < -0.4 is 0 Å². The lowest BCUT2D eigenvalue weighted by Crippen LogP contribution is -1.88. The molecule has 2 atom stereocenters. The summed E-state index contributed by atoms with van der Waals surface area (Å²) in [6, 6.07) is 0. The predicted octanol–water partition coefficient (Wildman–Crippen LogP) is 3.19. The monoisotopic (exact) mass is 150 g/mol. The molecular weight excluding hydrogens is 138 g/mol. The summed E-state index contributed by atoms with van der Waals surface area (Å²) in [7, 11) is -0.115. The molecule has 1 saturated heterocycles. The van der Waals surface area contributed by atoms with Crippen LogP contribution in [-0.4, -0.2) is 11.3 Å². The molecule has 48 valence electrons. The first-order valence-corrected chi connectivity index (χ1v) is 5.54. The average Bonchev–Trinajstić information content (AvgIpc) is 1.98. The second-order valence-corrected chi connectivity index (χ2v) is 6.24. The minimum Gasteiger partial charge on any atom is -0.0959 e. The Morgan fingerprint density at radius 1 is 1.25 bits per heavy atom. The lowest BCUT2D eigenvalue weighted by atomic mass is 10.2. The van der Waals surface area contributed by atoms with Gasteiger partial charge in [0.25, 0.3) is 0 Å². The van der Waals surface area contributed by atoms with Crippen LogP contribution in [0.5, 0.6) is 0 Å². The summed E-state index contributed by atoms with van der Waals surface area (Å²) >= 11 is 6.08. The quantitative estimate of drug-likeness (QED) is 0.466. The van der Waals surface area contributed by atoms with Crippen LogP contribution in [0, 0.1) is 0 Å². The molecule has 0 aromatic carbocycles. The molecule has 8 heavy (non-hydrogen) atoms. The molecule has 1 heterocycles. The molecule has 0 bridgehead atoms. The van der Waals surface area contributed by atoms with Gasteiger partial charge in [-0.05, 0) is 31.4 Å². The highest BCUT2D eigenvalue weighted by molar-refractivity contribution is 7.85. The van der Waals surface area contributed by atoms with Gasteiger partial charge in [0.05, 0.1) is 0 Å². The fourth-order valence-electron chi connectivity index (χ4n) is 1.16. The van der Waals surface area contributed by atoms with Crippen LogP contribution >= 0.6 is 18.5 Å². The van der Waals surface area contributed by atoms with E-state index in [-0.39, 0.29) is 7.27 Å². The Morgan fingerprint density at radius 3 is 1.75 bits per heavy atom. The van der Waals surface area contributed by atoms with E-state index in [0.717, 1.165) is 11.3 Å². The van der Waals surface area contributed by atoms with Gasteiger partial charge < -0.3 is 0 Å². The molecular formula is C6H12ClP. The van der Waals surface area contributed by atoms with Gasteiger partial charge in [-0.2, -0.15) is 0 Å². The molecule has 2 unspecified atom stereocenters. The van der Waals surface area contributed by atoms with E-state index in [0.29, 0.717) is 0 Å². The third kappa shape index (κ3) is 1.17. The molecule has 0 amide bonds. The molecule has 0 nitrogen and oxygen atoms in total. The Labute approximate surface area is 57.2 Å². The highest BCUT2D eigenvalue weighted by Gasteiger charge is 2.27. The molecule has 1 aliphatic heterocycles. The van der Waals surface area contributed by atoms with Gasteiger partial charge in [-0.3, -0.25) is 0 Å². The van der Waals surface area contributed by atoms with Gasteiger partial charge in [0.15, 0.2) is 0 Å². The van der Waals surface area contributed by atoms with Gasteiger partial charge in [0.1, 0.15) is 0 Å². The lowest BCUT2D eigenvalue weighted by Gasteiger charge is -2.09. The van der Waals surface area contributed by atoms with Crippen LogP contribution in [0.25, 0.3) is 0 Å². The molecule has 1 aliphatic rings. The summed E-state index contributed by atoms with van der Waals surface area (Å²) in [6.07, 6.45) is 2.72. The minimum atomic E-state index is -0.115. The number of hydrogen-bond acceptors (Lipinski definition) is 0. The molecule has 0 aromatic heterocycles. The van der Waals surface area contributed by atoms with Crippen molar-refractivity contribution in [3.63, 3.8) is 0 Å². The molecule has 1 rings (SSSR count). The molecule has 0 spiro atoms. The van der Waals surface area contributed by atoms with Crippen molar-refractivity contribution < 1.29 is 0 Å². The van der Waals surface area contributed by atoms with Crippen LogP contribution in [0.4, 0.5) is 0 Å². The third-order valence-corrected chi connectivity index (χ3v) is 6.04. The van der Waals surface area contributed by atoms with Crippen molar-refractivity contribution in [3.05, 3.63) is 0 Å². The first-order chi connectivity index (χ1) is 3.72. The molecule has 0 saturated carbocycles. The summed E-state index contributed by atoms with van der Waals surface area (Å²) in [5.74, 6) is 0. The molecule has 1 fully saturated rings. The Hall–Kier alpha value is 0.720. The predicted molar refractivity (Wildman–Crippen MR) is 40.9 cm³/mol. The fourth-order valence-corrected chi connectivity index (χ4v) is 3.41. The van der Waals surface area contributed by atoms with Crippen molar-refractivity contribution in [2.24, 2.45) is 0 Å². The van der Waals surface area contributed by atoms with E-state index in [1.165, 1.54) is 12.8 Å². The summed E-state index contributed by atoms with van der Waals surface area (Å²) in [5.41, 5.74) is 1.64. The van der Waals surface area contributed by atoms with E-state index < -0.39 is 0 Å². The van der Waals surface area contributed by atoms with E-state index in [2.05, 4.69) is 13.8 Å². The minimum absolute atomic E-state index is 0.115. The van der Waals surface area contributed by atoms with Gasteiger partial charge in [-0.15, -0.1) is 0 Å². The molecule has 2 heteroatoms. The van der Waals surface area contributed by atoms with Crippen molar-refractivity contribution in [1.82, 2.24) is 0 Å². The van der Waals surface area contributed by atoms with Crippen molar-refractivity contribution in [1.29, 1.82) is 0 Å². The average molecular weight is 151 g/mol. The van der Waals surface area contributed by atoms with E-state index in [1.807, 2.05) is 0 Å². The van der Waals surface area contributed by atoms with Crippen molar-refractivity contribution >= 4 is 18.5 Å². The zero-order valence-corrected chi connectivity index (χ0v) is 7.04. The summed E-state index contributed by atoms with van der Waals surface area (Å²) in [4.78, 5) is 0. The maximum Gasteiger partial charge on any atom is -0.00395 e. The van der Waals surface area contributed by atoms with E-state index in [4.69, 9.17) is 11.2 Å². The Kier molecular flexibility index (Phi) is 2.17. The van der Waals surface area contributed by atoms with Gasteiger partial charge in [-0.25, -0.2) is 0 Å². The Morgan fingerprint density at radius 2 is 1.62 bits per heavy atom. The Bertz CT molecular complexity index is 74.6. The third-order valence-electron chi connectivity index (χ3n) is 1.84. The number of hydrogen-bond donors (Lipinski definition) is 0. The maximum atomic E-state index is 6.08. The number of halogens is 1. The standard InChI is InChI=1S/C6H12ClP/c1-5-3-4-6(2)8(5)7/h5-6H,3-4H2,1-2H3. The van der Waals surface area contributed by atoms with E-state index in [9.17, 15) is 0 Å². The van der Waals surface area contributed by atoms with Crippen LogP contribution in [0.15, 0.2) is 0 Å². The maximum absolute atomic E-state index is 6.08. The van der Waals surface area contributed by atoms with Crippen LogP contribution in [0.3, 0.4) is 0 Å². The zero-order chi connectivity index (χ0) is 6.15. The first kappa shape index (κ1) is 6.83. The molecule has 0 N–H and O–H groups in total. The SMILES string of the molecule is CC1CCC(C)P1Cl. The lowest BCUT2D eigenvalue weighted by molar-refractivity contribution is 0.777. The van der Waals surface area contributed by atoms with Gasteiger partial charge in [-0.1, -0.05) is 25.1 Å². The van der Waals surface area contributed by atoms with Crippen molar-refractivity contribution in [2.75, 3.05) is 0 Å². The topological polar surface area (TPSA) is 0 Å². The Balaban J connectivity index is 2.44. The summed E-state index contributed by atoms with van der Waals surface area (Å²) < 4.78 is 0. The first-order valence-electron chi connectivity index (χ1n) is 3.16. The molecule has 0 aliphatic carbocycles. The van der Waals surface area contributed by atoms with Crippen molar-refractivity contribution in [3.8, 4) is 0 Å². The summed E-state index contributed by atoms with van der Waals surface area (Å²) in [5, 5.41) is 0. The zero-order valence-electron chi connectivity index (χ0n) is 5.39. The van der Waals surface area contributed by atoms with Crippen molar-refractivity contribution in [2.45, 2.75) is 38.0 Å². The van der Waals surface area contributed by atoms with E-state index >= 15 is 0 Å². The smallest absolute Gasteiger partial charge is 0.00395 e. The summed E-state index contributed by atoms with van der Waals surface area (Å²) in [6.45, 7) is 4.53. The molecule has 0 radical (unpaired) electrons. The van der Waals surface area contributed by atoms with Gasteiger partial charge >= 0.3 is 0 Å². The second kappa shape index (κ2) is 2.54. The van der Waals surface area contributed by atoms with Crippen LogP contribution in [0.1, 0.15) is 26.7 Å². The van der Waals surface area contributed by atoms with Crippen LogP contribution in [0.2, 0.25) is 0 Å². The second-order valence-electron chi connectivity index (χ2n) is 2.62. The highest BCUT2D eigenvalue weighted by Crippen LogP contribution is 2.58. The fraction of sp³-hybridized carbons (Fsp3) is 1.00. The van der Waals surface area contributed by atoms with Gasteiger partial charge in [0.2, 0.25) is 0 Å². The van der Waals surface area contributed by atoms with Crippen LogP contribution in [-0.2, 0) is 0 Å². The highest BCUT2D eigenvalue weighted by atomic mass is 35.7.